The van der Waals surface area contributed by atoms with E-state index in [9.17, 15) is 0 Å². The molecule has 0 aliphatic rings. The SMILES string of the molecule is CCCCCC(C)CS(C)(C)C. The molecule has 76 valence electrons. The van der Waals surface area contributed by atoms with E-state index >= 15 is 0 Å². The molecular weight excluding hydrogens is 164 g/mol. The van der Waals surface area contributed by atoms with Gasteiger partial charge in [0.25, 0.3) is 0 Å². The molecule has 1 heteroatoms. The lowest BCUT2D eigenvalue weighted by Crippen LogP contribution is -2.08. The highest BCUT2D eigenvalue weighted by Crippen LogP contribution is 2.37. The lowest BCUT2D eigenvalue weighted by atomic mass is 10.1. The average Bonchev–Trinajstić information content (AvgIpc) is 1.84. The summed E-state index contributed by atoms with van der Waals surface area (Å²) in [7, 11) is -0.260. The van der Waals surface area contributed by atoms with Crippen molar-refractivity contribution in [2.24, 2.45) is 5.92 Å². The Hall–Kier alpha value is 0.350. The van der Waals surface area contributed by atoms with Crippen molar-refractivity contribution >= 4 is 10.0 Å². The zero-order chi connectivity index (χ0) is 9.61. The monoisotopic (exact) mass is 190 g/mol. The molecule has 0 heterocycles. The van der Waals surface area contributed by atoms with Crippen LogP contribution in [0.1, 0.15) is 39.5 Å². The van der Waals surface area contributed by atoms with Crippen LogP contribution in [0.15, 0.2) is 0 Å². The first-order chi connectivity index (χ1) is 5.45. The van der Waals surface area contributed by atoms with Crippen molar-refractivity contribution in [3.8, 4) is 0 Å². The number of rotatable bonds is 6. The van der Waals surface area contributed by atoms with Crippen LogP contribution in [0.25, 0.3) is 0 Å². The quantitative estimate of drug-likeness (QED) is 0.557. The Labute approximate surface area is 80.4 Å². The van der Waals surface area contributed by atoms with E-state index in [1.807, 2.05) is 0 Å². The lowest BCUT2D eigenvalue weighted by Gasteiger charge is -2.28. The lowest BCUT2D eigenvalue weighted by molar-refractivity contribution is 0.540. The van der Waals surface area contributed by atoms with Crippen molar-refractivity contribution < 1.29 is 0 Å². The van der Waals surface area contributed by atoms with Gasteiger partial charge in [0, 0.05) is 0 Å². The van der Waals surface area contributed by atoms with Crippen LogP contribution in [-0.2, 0) is 0 Å². The summed E-state index contributed by atoms with van der Waals surface area (Å²) in [6.07, 6.45) is 12.9. The van der Waals surface area contributed by atoms with Crippen molar-refractivity contribution in [2.45, 2.75) is 39.5 Å². The van der Waals surface area contributed by atoms with Gasteiger partial charge in [-0.15, -0.1) is 0 Å². The number of hydrogen-bond acceptors (Lipinski definition) is 0. The van der Waals surface area contributed by atoms with E-state index in [4.69, 9.17) is 0 Å². The van der Waals surface area contributed by atoms with E-state index in [-0.39, 0.29) is 10.0 Å². The van der Waals surface area contributed by atoms with Gasteiger partial charge in [-0.05, 0) is 36.9 Å². The summed E-state index contributed by atoms with van der Waals surface area (Å²) in [6.45, 7) is 4.69. The molecule has 0 amide bonds. The van der Waals surface area contributed by atoms with Gasteiger partial charge in [-0.3, -0.25) is 0 Å². The van der Waals surface area contributed by atoms with Crippen LogP contribution < -0.4 is 0 Å². The van der Waals surface area contributed by atoms with Gasteiger partial charge in [0.05, 0.1) is 0 Å². The van der Waals surface area contributed by atoms with E-state index in [2.05, 4.69) is 32.6 Å². The van der Waals surface area contributed by atoms with Gasteiger partial charge in [-0.2, -0.15) is 0 Å². The predicted octanol–water partition coefficient (Wildman–Crippen LogP) is 3.90. The van der Waals surface area contributed by atoms with Gasteiger partial charge >= 0.3 is 0 Å². The minimum atomic E-state index is -0.260. The minimum absolute atomic E-state index is 0.260. The molecule has 0 bridgehead atoms. The fourth-order valence-corrected chi connectivity index (χ4v) is 3.55. The molecule has 0 rings (SSSR count). The fraction of sp³-hybridized carbons (Fsp3) is 1.00. The van der Waals surface area contributed by atoms with Crippen molar-refractivity contribution in [2.75, 3.05) is 24.5 Å². The molecule has 0 fully saturated rings. The van der Waals surface area contributed by atoms with E-state index in [1.54, 1.807) is 0 Å². The Kier molecular flexibility index (Phi) is 6.08. The standard InChI is InChI=1S/C11H26S/c1-6-7-8-9-11(2)10-12(3,4)5/h11H,6-10H2,1-5H3. The molecule has 0 aromatic heterocycles. The normalized spacial score (nSPS) is 16.1. The van der Waals surface area contributed by atoms with Gasteiger partial charge in [-0.25, -0.2) is 10.0 Å². The molecule has 0 saturated carbocycles. The Morgan fingerprint density at radius 1 is 1.08 bits per heavy atom. The van der Waals surface area contributed by atoms with Crippen molar-refractivity contribution in [1.82, 2.24) is 0 Å². The summed E-state index contributed by atoms with van der Waals surface area (Å²) >= 11 is 0. The molecule has 0 saturated heterocycles. The maximum absolute atomic E-state index is 2.42. The van der Waals surface area contributed by atoms with Gasteiger partial charge < -0.3 is 0 Å². The largest absolute Gasteiger partial charge is 0.249 e. The molecule has 0 aliphatic carbocycles. The van der Waals surface area contributed by atoms with Crippen LogP contribution in [0, 0.1) is 5.92 Å². The second kappa shape index (κ2) is 5.90. The predicted molar refractivity (Wildman–Crippen MR) is 63.5 cm³/mol. The Morgan fingerprint density at radius 2 is 1.67 bits per heavy atom. The zero-order valence-corrected chi connectivity index (χ0v) is 10.3. The third kappa shape index (κ3) is 8.45. The first kappa shape index (κ1) is 12.3. The molecule has 0 aliphatic heterocycles. The van der Waals surface area contributed by atoms with Crippen LogP contribution in [0.3, 0.4) is 0 Å². The summed E-state index contributed by atoms with van der Waals surface area (Å²) in [5.41, 5.74) is 0. The molecule has 0 aromatic rings. The Bertz CT molecular complexity index is 102. The topological polar surface area (TPSA) is 0 Å². The van der Waals surface area contributed by atoms with Gasteiger partial charge in [0.1, 0.15) is 0 Å². The minimum Gasteiger partial charge on any atom is -0.249 e. The van der Waals surface area contributed by atoms with E-state index < -0.39 is 0 Å². The van der Waals surface area contributed by atoms with Gasteiger partial charge in [0.15, 0.2) is 0 Å². The summed E-state index contributed by atoms with van der Waals surface area (Å²) in [4.78, 5) is 0. The summed E-state index contributed by atoms with van der Waals surface area (Å²) in [5, 5.41) is 0. The maximum atomic E-state index is 2.42. The third-order valence-electron chi connectivity index (χ3n) is 2.08. The second-order valence-corrected chi connectivity index (χ2v) is 9.37. The fourth-order valence-electron chi connectivity index (χ4n) is 1.68. The van der Waals surface area contributed by atoms with Crippen molar-refractivity contribution in [1.29, 1.82) is 0 Å². The van der Waals surface area contributed by atoms with Crippen LogP contribution in [0.4, 0.5) is 0 Å². The summed E-state index contributed by atoms with van der Waals surface area (Å²) in [5.74, 6) is 2.41. The summed E-state index contributed by atoms with van der Waals surface area (Å²) < 4.78 is 0. The molecule has 0 spiro atoms. The van der Waals surface area contributed by atoms with Crippen molar-refractivity contribution in [3.05, 3.63) is 0 Å². The maximum Gasteiger partial charge on any atom is -0.0209 e. The molecule has 12 heavy (non-hydrogen) atoms. The smallest absolute Gasteiger partial charge is 0.0209 e. The van der Waals surface area contributed by atoms with Gasteiger partial charge in [-0.1, -0.05) is 33.1 Å². The van der Waals surface area contributed by atoms with Crippen LogP contribution in [0.5, 0.6) is 0 Å². The number of unbranched alkanes of at least 4 members (excludes halogenated alkanes) is 2. The zero-order valence-electron chi connectivity index (χ0n) is 9.52. The molecule has 1 unspecified atom stereocenters. The van der Waals surface area contributed by atoms with Crippen LogP contribution >= 0.6 is 10.0 Å². The first-order valence-corrected chi connectivity index (χ1v) is 8.14. The average molecular weight is 190 g/mol. The van der Waals surface area contributed by atoms with E-state index in [0.717, 1.165) is 5.92 Å². The molecule has 1 atom stereocenters. The summed E-state index contributed by atoms with van der Waals surface area (Å²) in [6, 6.07) is 0. The molecular formula is C11H26S. The van der Waals surface area contributed by atoms with Crippen molar-refractivity contribution in [3.63, 3.8) is 0 Å². The molecule has 0 aromatic carbocycles. The van der Waals surface area contributed by atoms with Crippen LogP contribution in [-0.4, -0.2) is 24.5 Å². The third-order valence-corrected chi connectivity index (χ3v) is 3.65. The highest BCUT2D eigenvalue weighted by Gasteiger charge is 2.09. The molecule has 0 N–H and O–H groups in total. The molecule has 0 radical (unpaired) electrons. The second-order valence-electron chi connectivity index (χ2n) is 4.86. The highest BCUT2D eigenvalue weighted by atomic mass is 32.3. The number of hydrogen-bond donors (Lipinski definition) is 0. The van der Waals surface area contributed by atoms with Crippen LogP contribution in [0.2, 0.25) is 0 Å². The Balaban J connectivity index is 3.40. The first-order valence-electron chi connectivity index (χ1n) is 5.11. The highest BCUT2D eigenvalue weighted by molar-refractivity contribution is 8.32. The van der Waals surface area contributed by atoms with Gasteiger partial charge in [0.2, 0.25) is 0 Å². The Morgan fingerprint density at radius 3 is 2.08 bits per heavy atom. The molecule has 0 nitrogen and oxygen atoms in total. The van der Waals surface area contributed by atoms with E-state index in [1.165, 1.54) is 31.4 Å². The van der Waals surface area contributed by atoms with E-state index in [0.29, 0.717) is 0 Å².